The number of nitrogens with zero attached hydrogens (tertiary/aromatic N) is 3. The van der Waals surface area contributed by atoms with E-state index in [0.717, 1.165) is 18.1 Å². The minimum Gasteiger partial charge on any atom is -0.364 e. The van der Waals surface area contributed by atoms with Gasteiger partial charge in [-0.1, -0.05) is 0 Å². The molecule has 0 aliphatic rings. The van der Waals surface area contributed by atoms with Crippen LogP contribution < -0.4 is 5.32 Å². The van der Waals surface area contributed by atoms with Gasteiger partial charge in [0.15, 0.2) is 0 Å². The van der Waals surface area contributed by atoms with E-state index in [-0.39, 0.29) is 0 Å². The van der Waals surface area contributed by atoms with Gasteiger partial charge in [0.1, 0.15) is 5.82 Å². The van der Waals surface area contributed by atoms with E-state index in [4.69, 9.17) is 0 Å². The Hall–Kier alpha value is -1.11. The number of aromatic nitrogens is 3. The van der Waals surface area contributed by atoms with E-state index in [1.54, 1.807) is 0 Å². The first kappa shape index (κ1) is 12.3. The third-order valence-electron chi connectivity index (χ3n) is 2.55. The van der Waals surface area contributed by atoms with Crippen LogP contribution in [0.1, 0.15) is 17.0 Å². The molecular weight excluding hydrogens is 327 g/mol. The van der Waals surface area contributed by atoms with Gasteiger partial charge < -0.3 is 5.32 Å². The van der Waals surface area contributed by atoms with Crippen LogP contribution in [0, 0.1) is 17.4 Å². The molecule has 17 heavy (non-hydrogen) atoms. The largest absolute Gasteiger partial charge is 0.364 e. The smallest absolute Gasteiger partial charge is 0.126 e. The number of anilines is 1. The van der Waals surface area contributed by atoms with Crippen LogP contribution in [0.3, 0.4) is 0 Å². The van der Waals surface area contributed by atoms with Gasteiger partial charge in [0, 0.05) is 12.7 Å². The van der Waals surface area contributed by atoms with E-state index < -0.39 is 0 Å². The number of hydrogen-bond acceptors (Lipinski definition) is 3. The van der Waals surface area contributed by atoms with E-state index >= 15 is 0 Å². The van der Waals surface area contributed by atoms with Gasteiger partial charge in [0.25, 0.3) is 0 Å². The molecule has 2 heterocycles. The Balaban J connectivity index is 2.12. The molecule has 0 aliphatic carbocycles. The normalized spacial score (nSPS) is 10.6. The highest BCUT2D eigenvalue weighted by molar-refractivity contribution is 14.1. The van der Waals surface area contributed by atoms with Gasteiger partial charge in [-0.15, -0.1) is 0 Å². The van der Waals surface area contributed by atoms with Gasteiger partial charge in [-0.3, -0.25) is 4.68 Å². The molecule has 1 N–H and O–H groups in total. The molecule has 5 heteroatoms. The maximum absolute atomic E-state index is 4.45. The minimum absolute atomic E-state index is 0.741. The van der Waals surface area contributed by atoms with Gasteiger partial charge in [-0.2, -0.15) is 5.10 Å². The highest BCUT2D eigenvalue weighted by Crippen LogP contribution is 2.14. The average molecular weight is 342 g/mol. The van der Waals surface area contributed by atoms with Crippen molar-refractivity contribution in [2.24, 2.45) is 7.05 Å². The predicted octanol–water partition coefficient (Wildman–Crippen LogP) is 2.65. The minimum atomic E-state index is 0.741. The monoisotopic (exact) mass is 342 g/mol. The van der Waals surface area contributed by atoms with Crippen molar-refractivity contribution in [3.8, 4) is 0 Å². The summed E-state index contributed by atoms with van der Waals surface area (Å²) in [6, 6.07) is 4.12. The van der Waals surface area contributed by atoms with Gasteiger partial charge in [-0.05, 0) is 54.1 Å². The molecule has 0 aromatic carbocycles. The summed E-state index contributed by atoms with van der Waals surface area (Å²) < 4.78 is 3.05. The number of nitrogens with one attached hydrogen (secondary N) is 1. The fourth-order valence-electron chi connectivity index (χ4n) is 1.74. The number of pyridine rings is 1. The van der Waals surface area contributed by atoms with Gasteiger partial charge in [0.2, 0.25) is 0 Å². The molecule has 0 amide bonds. The Bertz CT molecular complexity index is 494. The predicted molar refractivity (Wildman–Crippen MR) is 77.0 cm³/mol. The molecule has 0 atom stereocenters. The standard InChI is InChI=1S/C12H15IN4/c1-8-4-9(2)16-12(5-8)14-7-11-10(13)6-15-17(11)3/h4-6H,7H2,1-3H3,(H,14,16). The van der Waals surface area contributed by atoms with Crippen LogP contribution in [0.5, 0.6) is 0 Å². The Kier molecular flexibility index (Phi) is 3.66. The summed E-state index contributed by atoms with van der Waals surface area (Å²) in [5.74, 6) is 0.916. The number of rotatable bonds is 3. The molecule has 2 aromatic rings. The topological polar surface area (TPSA) is 42.7 Å². The highest BCUT2D eigenvalue weighted by atomic mass is 127. The van der Waals surface area contributed by atoms with Gasteiger partial charge in [-0.25, -0.2) is 4.98 Å². The zero-order valence-corrected chi connectivity index (χ0v) is 12.3. The van der Waals surface area contributed by atoms with Crippen molar-refractivity contribution < 1.29 is 0 Å². The van der Waals surface area contributed by atoms with Crippen molar-refractivity contribution in [1.82, 2.24) is 14.8 Å². The molecule has 2 rings (SSSR count). The average Bonchev–Trinajstić information content (AvgIpc) is 2.55. The fourth-order valence-corrected chi connectivity index (χ4v) is 2.41. The first-order chi connectivity index (χ1) is 8.06. The van der Waals surface area contributed by atoms with Crippen LogP contribution in [0.15, 0.2) is 18.3 Å². The summed E-state index contributed by atoms with van der Waals surface area (Å²) in [6.45, 7) is 4.82. The maximum Gasteiger partial charge on any atom is 0.126 e. The van der Waals surface area contributed by atoms with Crippen LogP contribution in [0.4, 0.5) is 5.82 Å². The second-order valence-corrected chi connectivity index (χ2v) is 5.25. The zero-order valence-electron chi connectivity index (χ0n) is 10.2. The van der Waals surface area contributed by atoms with Crippen molar-refractivity contribution in [1.29, 1.82) is 0 Å². The van der Waals surface area contributed by atoms with Crippen molar-refractivity contribution in [2.75, 3.05) is 5.32 Å². The third-order valence-corrected chi connectivity index (χ3v) is 3.45. The van der Waals surface area contributed by atoms with Crippen molar-refractivity contribution in [3.63, 3.8) is 0 Å². The number of hydrogen-bond donors (Lipinski definition) is 1. The molecular formula is C12H15IN4. The van der Waals surface area contributed by atoms with Crippen molar-refractivity contribution >= 4 is 28.4 Å². The lowest BCUT2D eigenvalue weighted by molar-refractivity contribution is 0.718. The lowest BCUT2D eigenvalue weighted by atomic mass is 10.2. The zero-order chi connectivity index (χ0) is 12.4. The van der Waals surface area contributed by atoms with Crippen LogP contribution in [-0.2, 0) is 13.6 Å². The summed E-state index contributed by atoms with van der Waals surface area (Å²) in [7, 11) is 1.95. The SMILES string of the molecule is Cc1cc(C)nc(NCc2c(I)cnn2C)c1. The molecule has 0 saturated heterocycles. The maximum atomic E-state index is 4.45. The first-order valence-electron chi connectivity index (χ1n) is 5.42. The second kappa shape index (κ2) is 5.03. The lowest BCUT2D eigenvalue weighted by Crippen LogP contribution is -2.08. The van der Waals surface area contributed by atoms with Crippen LogP contribution in [-0.4, -0.2) is 14.8 Å². The quantitative estimate of drug-likeness (QED) is 0.872. The van der Waals surface area contributed by atoms with Crippen LogP contribution in [0.2, 0.25) is 0 Å². The van der Waals surface area contributed by atoms with E-state index in [1.807, 2.05) is 24.9 Å². The van der Waals surface area contributed by atoms with E-state index in [0.29, 0.717) is 0 Å². The van der Waals surface area contributed by atoms with Gasteiger partial charge >= 0.3 is 0 Å². The number of aryl methyl sites for hydroxylation is 3. The Labute approximate surface area is 115 Å². The summed E-state index contributed by atoms with van der Waals surface area (Å²) in [4.78, 5) is 4.45. The summed E-state index contributed by atoms with van der Waals surface area (Å²) in [5, 5.41) is 7.55. The van der Waals surface area contributed by atoms with Crippen LogP contribution in [0.25, 0.3) is 0 Å². The highest BCUT2D eigenvalue weighted by Gasteiger charge is 2.05. The summed E-state index contributed by atoms with van der Waals surface area (Å²) in [6.07, 6.45) is 1.87. The molecule has 0 bridgehead atoms. The van der Waals surface area contributed by atoms with Crippen LogP contribution >= 0.6 is 22.6 Å². The molecule has 2 aromatic heterocycles. The lowest BCUT2D eigenvalue weighted by Gasteiger charge is -2.08. The molecule has 90 valence electrons. The molecule has 0 radical (unpaired) electrons. The fraction of sp³-hybridized carbons (Fsp3) is 0.333. The first-order valence-corrected chi connectivity index (χ1v) is 6.49. The molecule has 0 aliphatic heterocycles. The van der Waals surface area contributed by atoms with Gasteiger partial charge in [0.05, 0.1) is 22.0 Å². The molecule has 4 nitrogen and oxygen atoms in total. The molecule has 0 unspecified atom stereocenters. The third kappa shape index (κ3) is 2.96. The Morgan fingerprint density at radius 3 is 2.71 bits per heavy atom. The van der Waals surface area contributed by atoms with E-state index in [2.05, 4.69) is 57.0 Å². The van der Waals surface area contributed by atoms with Crippen molar-refractivity contribution in [2.45, 2.75) is 20.4 Å². The Morgan fingerprint density at radius 1 is 1.35 bits per heavy atom. The molecule has 0 fully saturated rings. The Morgan fingerprint density at radius 2 is 2.12 bits per heavy atom. The summed E-state index contributed by atoms with van der Waals surface area (Å²) >= 11 is 2.29. The second-order valence-electron chi connectivity index (χ2n) is 4.09. The van der Waals surface area contributed by atoms with Crippen molar-refractivity contribution in [3.05, 3.63) is 38.9 Å². The summed E-state index contributed by atoms with van der Waals surface area (Å²) in [5.41, 5.74) is 3.43. The number of halogens is 1. The van der Waals surface area contributed by atoms with E-state index in [1.165, 1.54) is 14.8 Å². The molecule has 0 saturated carbocycles. The van der Waals surface area contributed by atoms with E-state index in [9.17, 15) is 0 Å². The molecule has 0 spiro atoms.